The molecule has 0 fully saturated rings. The Morgan fingerprint density at radius 1 is 1.25 bits per heavy atom. The van der Waals surface area contributed by atoms with Gasteiger partial charge in [0.05, 0.1) is 15.9 Å². The van der Waals surface area contributed by atoms with E-state index in [-0.39, 0.29) is 0 Å². The minimum atomic E-state index is 0.543. The lowest BCUT2D eigenvalue weighted by Crippen LogP contribution is -2.01. The van der Waals surface area contributed by atoms with Crippen LogP contribution >= 0.6 is 33.9 Å². The Balaban J connectivity index is 1.94. The van der Waals surface area contributed by atoms with Gasteiger partial charge in [0.25, 0.3) is 0 Å². The van der Waals surface area contributed by atoms with E-state index in [1.165, 1.54) is 4.70 Å². The summed E-state index contributed by atoms with van der Waals surface area (Å²) < 4.78 is 7.99. The molecule has 5 heteroatoms. The Morgan fingerprint density at radius 3 is 2.80 bits per heavy atom. The second-order valence-electron chi connectivity index (χ2n) is 4.42. The van der Waals surface area contributed by atoms with E-state index >= 15 is 0 Å². The Labute approximate surface area is 135 Å². The van der Waals surface area contributed by atoms with E-state index in [1.54, 1.807) is 11.3 Å². The molecule has 0 aliphatic rings. The SMILES string of the molecule is Cc1nc(OCc2ccccc2)c(CI)c2scnc12. The number of hydrogen-bond acceptors (Lipinski definition) is 4. The predicted molar refractivity (Wildman–Crippen MR) is 90.7 cm³/mol. The van der Waals surface area contributed by atoms with Gasteiger partial charge in [-0.2, -0.15) is 0 Å². The van der Waals surface area contributed by atoms with Gasteiger partial charge in [-0.15, -0.1) is 11.3 Å². The highest BCUT2D eigenvalue weighted by atomic mass is 127. The minimum Gasteiger partial charge on any atom is -0.473 e. The molecule has 3 aromatic rings. The second-order valence-corrected chi connectivity index (χ2v) is 6.04. The summed E-state index contributed by atoms with van der Waals surface area (Å²) in [4.78, 5) is 8.96. The highest BCUT2D eigenvalue weighted by molar-refractivity contribution is 14.1. The van der Waals surface area contributed by atoms with Gasteiger partial charge in [0, 0.05) is 9.99 Å². The van der Waals surface area contributed by atoms with Crippen molar-refractivity contribution in [2.75, 3.05) is 0 Å². The third-order valence-electron chi connectivity index (χ3n) is 3.06. The molecule has 2 heterocycles. The molecular weight excluding hydrogens is 383 g/mol. The number of pyridine rings is 1. The summed E-state index contributed by atoms with van der Waals surface area (Å²) in [6, 6.07) is 10.2. The third-order valence-corrected chi connectivity index (χ3v) is 4.71. The van der Waals surface area contributed by atoms with Gasteiger partial charge in [0.15, 0.2) is 0 Å². The van der Waals surface area contributed by atoms with Crippen molar-refractivity contribution >= 4 is 44.1 Å². The Kier molecular flexibility index (Phi) is 4.16. The van der Waals surface area contributed by atoms with Crippen molar-refractivity contribution in [2.45, 2.75) is 18.0 Å². The summed E-state index contributed by atoms with van der Waals surface area (Å²) in [5, 5.41) is 0. The first-order valence-corrected chi connectivity index (χ1v) is 8.65. The molecule has 3 rings (SSSR count). The van der Waals surface area contributed by atoms with Crippen molar-refractivity contribution in [1.29, 1.82) is 0 Å². The molecule has 0 atom stereocenters. The van der Waals surface area contributed by atoms with Gasteiger partial charge in [-0.05, 0) is 12.5 Å². The number of rotatable bonds is 4. The maximum atomic E-state index is 5.94. The summed E-state index contributed by atoms with van der Waals surface area (Å²) in [6.07, 6.45) is 0. The van der Waals surface area contributed by atoms with Crippen LogP contribution < -0.4 is 4.74 Å². The minimum absolute atomic E-state index is 0.543. The molecule has 0 aliphatic heterocycles. The van der Waals surface area contributed by atoms with Crippen LogP contribution in [0, 0.1) is 6.92 Å². The normalized spacial score (nSPS) is 10.9. The van der Waals surface area contributed by atoms with Crippen LogP contribution in [0.2, 0.25) is 0 Å². The van der Waals surface area contributed by atoms with E-state index in [0.29, 0.717) is 6.61 Å². The maximum Gasteiger partial charge on any atom is 0.219 e. The number of thiazole rings is 1. The number of halogens is 1. The maximum absolute atomic E-state index is 5.94. The zero-order valence-electron chi connectivity index (χ0n) is 11.0. The van der Waals surface area contributed by atoms with Gasteiger partial charge in [0.2, 0.25) is 5.88 Å². The van der Waals surface area contributed by atoms with Crippen molar-refractivity contribution in [3.63, 3.8) is 0 Å². The van der Waals surface area contributed by atoms with Gasteiger partial charge in [0.1, 0.15) is 12.1 Å². The molecule has 2 aromatic heterocycles. The molecule has 1 aromatic carbocycles. The van der Waals surface area contributed by atoms with Crippen molar-refractivity contribution in [2.24, 2.45) is 0 Å². The molecule has 0 aliphatic carbocycles. The standard InChI is InChI=1S/C15H13IN2OS/c1-10-13-14(20-9-17-13)12(7-16)15(18-10)19-8-11-5-3-2-4-6-11/h2-6,9H,7-8H2,1H3. The average Bonchev–Trinajstić information content (AvgIpc) is 2.96. The largest absolute Gasteiger partial charge is 0.473 e. The fraction of sp³-hybridized carbons (Fsp3) is 0.200. The van der Waals surface area contributed by atoms with Crippen LogP contribution in [0.5, 0.6) is 5.88 Å². The second kappa shape index (κ2) is 6.05. The van der Waals surface area contributed by atoms with Crippen LogP contribution in [0.1, 0.15) is 16.8 Å². The molecule has 0 spiro atoms. The van der Waals surface area contributed by atoms with E-state index in [9.17, 15) is 0 Å². The fourth-order valence-corrected chi connectivity index (χ4v) is 3.89. The van der Waals surface area contributed by atoms with Crippen LogP contribution in [-0.2, 0) is 11.0 Å². The van der Waals surface area contributed by atoms with Crippen LogP contribution in [0.3, 0.4) is 0 Å². The van der Waals surface area contributed by atoms with Gasteiger partial charge in [-0.3, -0.25) is 0 Å². The molecule has 0 saturated heterocycles. The first-order chi connectivity index (χ1) is 9.79. The summed E-state index contributed by atoms with van der Waals surface area (Å²) >= 11 is 4.00. The van der Waals surface area contributed by atoms with Crippen LogP contribution in [-0.4, -0.2) is 9.97 Å². The molecule has 0 N–H and O–H groups in total. The molecule has 0 bridgehead atoms. The lowest BCUT2D eigenvalue weighted by Gasteiger charge is -2.11. The smallest absolute Gasteiger partial charge is 0.219 e. The van der Waals surface area contributed by atoms with Crippen molar-refractivity contribution in [1.82, 2.24) is 9.97 Å². The van der Waals surface area contributed by atoms with Gasteiger partial charge >= 0.3 is 0 Å². The topological polar surface area (TPSA) is 35.0 Å². The quantitative estimate of drug-likeness (QED) is 0.481. The molecular formula is C15H13IN2OS. The van der Waals surface area contributed by atoms with E-state index in [2.05, 4.69) is 44.7 Å². The van der Waals surface area contributed by atoms with E-state index < -0.39 is 0 Å². The molecule has 20 heavy (non-hydrogen) atoms. The number of nitrogens with zero attached hydrogens (tertiary/aromatic N) is 2. The van der Waals surface area contributed by atoms with Gasteiger partial charge in [-0.25, -0.2) is 9.97 Å². The van der Waals surface area contributed by atoms with Crippen LogP contribution in [0.15, 0.2) is 35.8 Å². The molecule has 0 radical (unpaired) electrons. The van der Waals surface area contributed by atoms with E-state index in [0.717, 1.165) is 32.6 Å². The zero-order valence-corrected chi connectivity index (χ0v) is 13.9. The van der Waals surface area contributed by atoms with E-state index in [1.807, 2.05) is 30.6 Å². The Bertz CT molecular complexity index is 727. The summed E-state index contributed by atoms with van der Waals surface area (Å²) in [5.41, 5.74) is 6.09. The van der Waals surface area contributed by atoms with Gasteiger partial charge < -0.3 is 4.74 Å². The number of benzene rings is 1. The fourth-order valence-electron chi connectivity index (χ4n) is 2.05. The first kappa shape index (κ1) is 13.8. The number of fused-ring (bicyclic) bond motifs is 1. The predicted octanol–water partition coefficient (Wildman–Crippen LogP) is 4.51. The zero-order chi connectivity index (χ0) is 13.9. The molecule has 0 unspecified atom stereocenters. The van der Waals surface area contributed by atoms with Crippen molar-refractivity contribution < 1.29 is 4.74 Å². The first-order valence-electron chi connectivity index (χ1n) is 6.25. The molecule has 0 saturated carbocycles. The third kappa shape index (κ3) is 2.64. The number of alkyl halides is 1. The average molecular weight is 396 g/mol. The summed E-state index contributed by atoms with van der Waals surface area (Å²) in [7, 11) is 0. The summed E-state index contributed by atoms with van der Waals surface area (Å²) in [5.74, 6) is 0.734. The number of aromatic nitrogens is 2. The highest BCUT2D eigenvalue weighted by Gasteiger charge is 2.14. The lowest BCUT2D eigenvalue weighted by molar-refractivity contribution is 0.292. The van der Waals surface area contributed by atoms with Crippen molar-refractivity contribution in [3.05, 3.63) is 52.7 Å². The monoisotopic (exact) mass is 396 g/mol. The van der Waals surface area contributed by atoms with Crippen LogP contribution in [0.4, 0.5) is 0 Å². The Hall–Kier alpha value is -1.21. The lowest BCUT2D eigenvalue weighted by atomic mass is 10.2. The van der Waals surface area contributed by atoms with Crippen molar-refractivity contribution in [3.8, 4) is 5.88 Å². The number of ether oxygens (including phenoxy) is 1. The Morgan fingerprint density at radius 2 is 2.05 bits per heavy atom. The molecule has 0 amide bonds. The number of aryl methyl sites for hydroxylation is 1. The molecule has 3 nitrogen and oxygen atoms in total. The van der Waals surface area contributed by atoms with Crippen LogP contribution in [0.25, 0.3) is 10.2 Å². The molecule has 102 valence electrons. The number of hydrogen-bond donors (Lipinski definition) is 0. The van der Waals surface area contributed by atoms with E-state index in [4.69, 9.17) is 4.74 Å². The highest BCUT2D eigenvalue weighted by Crippen LogP contribution is 2.32. The van der Waals surface area contributed by atoms with Gasteiger partial charge in [-0.1, -0.05) is 52.9 Å². The summed E-state index contributed by atoms with van der Waals surface area (Å²) in [6.45, 7) is 2.52.